The average molecular weight is 313 g/mol. The van der Waals surface area contributed by atoms with Gasteiger partial charge in [-0.1, -0.05) is 0 Å². The molecular formula is C6H6BrIN2. The van der Waals surface area contributed by atoms with E-state index in [9.17, 15) is 0 Å². The number of rotatable bonds is 1. The van der Waals surface area contributed by atoms with Gasteiger partial charge in [-0.25, -0.2) is 4.98 Å². The standard InChI is InChI=1S/C6H6BrIN2/c1-9-4-2-3-5(7)10-6(4)8/h2-3,9H,1H3. The van der Waals surface area contributed by atoms with Crippen molar-refractivity contribution in [1.82, 2.24) is 4.98 Å². The quantitative estimate of drug-likeness (QED) is 0.636. The molecule has 10 heavy (non-hydrogen) atoms. The highest BCUT2D eigenvalue weighted by Gasteiger charge is 1.97. The highest BCUT2D eigenvalue weighted by Crippen LogP contribution is 2.17. The normalized spacial score (nSPS) is 9.50. The van der Waals surface area contributed by atoms with Gasteiger partial charge in [0.25, 0.3) is 0 Å². The molecule has 54 valence electrons. The zero-order chi connectivity index (χ0) is 7.56. The number of hydrogen-bond donors (Lipinski definition) is 1. The summed E-state index contributed by atoms with van der Waals surface area (Å²) in [5.74, 6) is 0. The lowest BCUT2D eigenvalue weighted by Crippen LogP contribution is -1.93. The second-order valence-electron chi connectivity index (χ2n) is 1.72. The third-order valence-corrected chi connectivity index (χ3v) is 2.35. The minimum Gasteiger partial charge on any atom is -0.386 e. The first-order valence-corrected chi connectivity index (χ1v) is 4.61. The van der Waals surface area contributed by atoms with Gasteiger partial charge < -0.3 is 5.32 Å². The van der Waals surface area contributed by atoms with Crippen LogP contribution in [0.3, 0.4) is 0 Å². The van der Waals surface area contributed by atoms with Crippen LogP contribution >= 0.6 is 38.5 Å². The number of halogens is 2. The molecule has 0 radical (unpaired) electrons. The van der Waals surface area contributed by atoms with E-state index in [1.807, 2.05) is 19.2 Å². The Hall–Kier alpha value is 0.160. The Balaban J connectivity index is 3.07. The van der Waals surface area contributed by atoms with Gasteiger partial charge in [0, 0.05) is 7.05 Å². The molecule has 0 aliphatic rings. The monoisotopic (exact) mass is 312 g/mol. The van der Waals surface area contributed by atoms with Crippen LogP contribution in [0.25, 0.3) is 0 Å². The molecule has 1 N–H and O–H groups in total. The van der Waals surface area contributed by atoms with E-state index in [4.69, 9.17) is 0 Å². The largest absolute Gasteiger partial charge is 0.386 e. The van der Waals surface area contributed by atoms with E-state index >= 15 is 0 Å². The molecule has 1 rings (SSSR count). The maximum Gasteiger partial charge on any atom is 0.125 e. The fourth-order valence-corrected chi connectivity index (χ4v) is 1.95. The molecule has 0 saturated carbocycles. The molecule has 1 aromatic heterocycles. The SMILES string of the molecule is CNc1ccc(Br)nc1I. The van der Waals surface area contributed by atoms with Gasteiger partial charge in [-0.05, 0) is 50.7 Å². The van der Waals surface area contributed by atoms with Crippen LogP contribution in [0.15, 0.2) is 16.7 Å². The van der Waals surface area contributed by atoms with Gasteiger partial charge >= 0.3 is 0 Å². The van der Waals surface area contributed by atoms with Gasteiger partial charge in [0.1, 0.15) is 8.30 Å². The van der Waals surface area contributed by atoms with Crippen LogP contribution in [0.1, 0.15) is 0 Å². The Kier molecular flexibility index (Phi) is 2.91. The molecule has 0 bridgehead atoms. The smallest absolute Gasteiger partial charge is 0.125 e. The van der Waals surface area contributed by atoms with Crippen LogP contribution in [0.4, 0.5) is 5.69 Å². The van der Waals surface area contributed by atoms with Crippen LogP contribution in [0, 0.1) is 3.70 Å². The fraction of sp³-hybridized carbons (Fsp3) is 0.167. The molecule has 0 spiro atoms. The first-order valence-electron chi connectivity index (χ1n) is 2.74. The minimum atomic E-state index is 0.871. The van der Waals surface area contributed by atoms with Crippen molar-refractivity contribution in [2.75, 3.05) is 12.4 Å². The summed E-state index contributed by atoms with van der Waals surface area (Å²) in [6, 6.07) is 3.90. The van der Waals surface area contributed by atoms with E-state index in [1.165, 1.54) is 0 Å². The van der Waals surface area contributed by atoms with Gasteiger partial charge in [0.15, 0.2) is 0 Å². The van der Waals surface area contributed by atoms with Gasteiger partial charge in [0.05, 0.1) is 5.69 Å². The minimum absolute atomic E-state index is 0.871. The second-order valence-corrected chi connectivity index (χ2v) is 3.56. The Morgan fingerprint density at radius 1 is 1.60 bits per heavy atom. The summed E-state index contributed by atoms with van der Waals surface area (Å²) in [7, 11) is 1.88. The van der Waals surface area contributed by atoms with Crippen LogP contribution in [0.5, 0.6) is 0 Å². The summed E-state index contributed by atoms with van der Waals surface area (Å²) in [5, 5.41) is 3.03. The Morgan fingerprint density at radius 3 is 2.80 bits per heavy atom. The lowest BCUT2D eigenvalue weighted by Gasteiger charge is -2.00. The number of aromatic nitrogens is 1. The van der Waals surface area contributed by atoms with Crippen molar-refractivity contribution in [1.29, 1.82) is 0 Å². The van der Waals surface area contributed by atoms with Crippen molar-refractivity contribution in [3.63, 3.8) is 0 Å². The average Bonchev–Trinajstić information content (AvgIpc) is 1.88. The topological polar surface area (TPSA) is 24.9 Å². The maximum absolute atomic E-state index is 4.19. The summed E-state index contributed by atoms with van der Waals surface area (Å²) in [4.78, 5) is 4.19. The first kappa shape index (κ1) is 8.26. The third-order valence-electron chi connectivity index (χ3n) is 1.08. The second kappa shape index (κ2) is 3.52. The zero-order valence-corrected chi connectivity index (χ0v) is 9.10. The molecule has 0 saturated heterocycles. The van der Waals surface area contributed by atoms with E-state index in [2.05, 4.69) is 48.8 Å². The number of nitrogens with zero attached hydrogens (tertiary/aromatic N) is 1. The van der Waals surface area contributed by atoms with Gasteiger partial charge in [-0.2, -0.15) is 0 Å². The molecule has 0 aliphatic heterocycles. The van der Waals surface area contributed by atoms with Gasteiger partial charge in [-0.3, -0.25) is 0 Å². The van der Waals surface area contributed by atoms with Crippen LogP contribution in [0.2, 0.25) is 0 Å². The number of anilines is 1. The van der Waals surface area contributed by atoms with E-state index < -0.39 is 0 Å². The molecule has 2 nitrogen and oxygen atoms in total. The van der Waals surface area contributed by atoms with E-state index in [1.54, 1.807) is 0 Å². The predicted molar refractivity (Wildman–Crippen MR) is 54.2 cm³/mol. The highest BCUT2D eigenvalue weighted by molar-refractivity contribution is 14.1. The number of pyridine rings is 1. The summed E-state index contributed by atoms with van der Waals surface area (Å²) in [5.41, 5.74) is 1.06. The summed E-state index contributed by atoms with van der Waals surface area (Å²) in [6.45, 7) is 0. The molecule has 0 unspecified atom stereocenters. The van der Waals surface area contributed by atoms with Crippen LogP contribution in [-0.2, 0) is 0 Å². The van der Waals surface area contributed by atoms with E-state index in [0.717, 1.165) is 14.0 Å². The van der Waals surface area contributed by atoms with Crippen molar-refractivity contribution in [2.24, 2.45) is 0 Å². The lowest BCUT2D eigenvalue weighted by molar-refractivity contribution is 1.22. The molecule has 0 aliphatic carbocycles. The lowest BCUT2D eigenvalue weighted by atomic mass is 10.4. The summed E-state index contributed by atoms with van der Waals surface area (Å²) >= 11 is 5.46. The molecular weight excluding hydrogens is 307 g/mol. The summed E-state index contributed by atoms with van der Waals surface area (Å²) in [6.07, 6.45) is 0. The predicted octanol–water partition coefficient (Wildman–Crippen LogP) is 2.49. The number of hydrogen-bond acceptors (Lipinski definition) is 2. The van der Waals surface area contributed by atoms with E-state index in [-0.39, 0.29) is 0 Å². The van der Waals surface area contributed by atoms with Crippen LogP contribution < -0.4 is 5.32 Å². The summed E-state index contributed by atoms with van der Waals surface area (Å²) < 4.78 is 1.85. The molecule has 1 heterocycles. The highest BCUT2D eigenvalue weighted by atomic mass is 127. The Bertz CT molecular complexity index is 239. The first-order chi connectivity index (χ1) is 4.74. The number of nitrogens with one attached hydrogen (secondary N) is 1. The van der Waals surface area contributed by atoms with Gasteiger partial charge in [0.2, 0.25) is 0 Å². The maximum atomic E-state index is 4.19. The van der Waals surface area contributed by atoms with Gasteiger partial charge in [-0.15, -0.1) is 0 Å². The molecule has 0 amide bonds. The zero-order valence-electron chi connectivity index (χ0n) is 5.36. The van der Waals surface area contributed by atoms with Crippen molar-refractivity contribution in [3.05, 3.63) is 20.4 Å². The Morgan fingerprint density at radius 2 is 2.30 bits per heavy atom. The molecule has 0 fully saturated rings. The third kappa shape index (κ3) is 1.82. The van der Waals surface area contributed by atoms with Crippen LogP contribution in [-0.4, -0.2) is 12.0 Å². The van der Waals surface area contributed by atoms with Crippen molar-refractivity contribution in [2.45, 2.75) is 0 Å². The van der Waals surface area contributed by atoms with E-state index in [0.29, 0.717) is 0 Å². The molecule has 4 heteroatoms. The van der Waals surface area contributed by atoms with Crippen molar-refractivity contribution in [3.8, 4) is 0 Å². The Labute approximate surface area is 81.7 Å². The van der Waals surface area contributed by atoms with Crippen molar-refractivity contribution >= 4 is 44.2 Å². The van der Waals surface area contributed by atoms with Crippen molar-refractivity contribution < 1.29 is 0 Å². The fourth-order valence-electron chi connectivity index (χ4n) is 0.599. The molecule has 0 atom stereocenters. The molecule has 0 aromatic carbocycles. The molecule has 1 aromatic rings.